The molecule has 1 aliphatic heterocycles. The molecule has 0 saturated carbocycles. The second kappa shape index (κ2) is 7.41. The standard InChI is InChI=1S/C21H24N4O2S/c1-16-8-6-7-11-19(16)23-20-13-25(12-18(20)17-9-4-3-5-10-17)28(26,27)21-14-24(2)15-22-21/h3-11,14-15,18,20,23H,12-13H2,1-2H3/t18-,20+/m1/s1. The van der Waals surface area contributed by atoms with Crippen molar-refractivity contribution in [2.45, 2.75) is 23.9 Å². The lowest BCUT2D eigenvalue weighted by molar-refractivity contribution is 0.468. The molecule has 2 aromatic carbocycles. The van der Waals surface area contributed by atoms with Gasteiger partial charge in [-0.3, -0.25) is 0 Å². The zero-order valence-corrected chi connectivity index (χ0v) is 16.8. The van der Waals surface area contributed by atoms with Crippen molar-refractivity contribution >= 4 is 15.7 Å². The summed E-state index contributed by atoms with van der Waals surface area (Å²) in [5, 5.41) is 3.68. The highest BCUT2D eigenvalue weighted by Crippen LogP contribution is 2.33. The van der Waals surface area contributed by atoms with Gasteiger partial charge in [0.1, 0.15) is 0 Å². The average molecular weight is 397 g/mol. The van der Waals surface area contributed by atoms with Crippen molar-refractivity contribution in [1.82, 2.24) is 13.9 Å². The molecule has 0 unspecified atom stereocenters. The minimum absolute atomic E-state index is 0.0259. The molecule has 0 amide bonds. The molecule has 0 aliphatic carbocycles. The van der Waals surface area contributed by atoms with Gasteiger partial charge in [-0.05, 0) is 24.1 Å². The number of aromatic nitrogens is 2. The van der Waals surface area contributed by atoms with Crippen LogP contribution in [0.5, 0.6) is 0 Å². The van der Waals surface area contributed by atoms with Crippen molar-refractivity contribution in [3.05, 3.63) is 78.2 Å². The Hall–Kier alpha value is -2.64. The van der Waals surface area contributed by atoms with Gasteiger partial charge >= 0.3 is 0 Å². The molecule has 1 aromatic heterocycles. The Labute approximate surface area is 165 Å². The summed E-state index contributed by atoms with van der Waals surface area (Å²) in [7, 11) is -1.86. The minimum Gasteiger partial charge on any atom is -0.380 e. The normalized spacial score (nSPS) is 20.4. The van der Waals surface area contributed by atoms with E-state index in [4.69, 9.17) is 0 Å². The maximum Gasteiger partial charge on any atom is 0.262 e. The molecule has 146 valence electrons. The van der Waals surface area contributed by atoms with E-state index in [1.165, 1.54) is 6.33 Å². The van der Waals surface area contributed by atoms with Crippen LogP contribution in [0.3, 0.4) is 0 Å². The van der Waals surface area contributed by atoms with E-state index < -0.39 is 10.0 Å². The molecule has 3 aromatic rings. The summed E-state index contributed by atoms with van der Waals surface area (Å²) in [4.78, 5) is 4.07. The summed E-state index contributed by atoms with van der Waals surface area (Å²) in [6.07, 6.45) is 3.07. The van der Waals surface area contributed by atoms with Crippen molar-refractivity contribution in [1.29, 1.82) is 0 Å². The van der Waals surface area contributed by atoms with Gasteiger partial charge in [0.25, 0.3) is 10.0 Å². The van der Waals surface area contributed by atoms with Crippen LogP contribution >= 0.6 is 0 Å². The number of nitrogens with one attached hydrogen (secondary N) is 1. The molecule has 0 bridgehead atoms. The quantitative estimate of drug-likeness (QED) is 0.720. The van der Waals surface area contributed by atoms with Crippen LogP contribution in [0.15, 0.2) is 72.1 Å². The molecule has 6 nitrogen and oxygen atoms in total. The molecule has 0 radical (unpaired) electrons. The van der Waals surface area contributed by atoms with Crippen LogP contribution in [0.1, 0.15) is 17.0 Å². The fraction of sp³-hybridized carbons (Fsp3) is 0.286. The lowest BCUT2D eigenvalue weighted by Gasteiger charge is -2.22. The fourth-order valence-corrected chi connectivity index (χ4v) is 5.20. The topological polar surface area (TPSA) is 67.2 Å². The van der Waals surface area contributed by atoms with Gasteiger partial charge in [0.2, 0.25) is 0 Å². The summed E-state index contributed by atoms with van der Waals surface area (Å²) in [6, 6.07) is 18.1. The van der Waals surface area contributed by atoms with Gasteiger partial charge in [-0.2, -0.15) is 4.31 Å². The molecule has 1 saturated heterocycles. The van der Waals surface area contributed by atoms with E-state index in [2.05, 4.69) is 35.4 Å². The number of aryl methyl sites for hydroxylation is 2. The van der Waals surface area contributed by atoms with Crippen LogP contribution in [-0.2, 0) is 17.1 Å². The van der Waals surface area contributed by atoms with E-state index in [-0.39, 0.29) is 17.0 Å². The van der Waals surface area contributed by atoms with Gasteiger partial charge in [0.15, 0.2) is 5.03 Å². The van der Waals surface area contributed by atoms with Crippen molar-refractivity contribution in [2.24, 2.45) is 7.05 Å². The molecule has 7 heteroatoms. The van der Waals surface area contributed by atoms with Crippen LogP contribution in [0.4, 0.5) is 5.69 Å². The second-order valence-electron chi connectivity index (χ2n) is 7.28. The smallest absolute Gasteiger partial charge is 0.262 e. The number of para-hydroxylation sites is 1. The zero-order chi connectivity index (χ0) is 19.7. The Morgan fingerprint density at radius 2 is 1.75 bits per heavy atom. The first-order valence-corrected chi connectivity index (χ1v) is 10.7. The number of imidazole rings is 1. The summed E-state index contributed by atoms with van der Waals surface area (Å²) in [6.45, 7) is 2.87. The van der Waals surface area contributed by atoms with Gasteiger partial charge < -0.3 is 9.88 Å². The van der Waals surface area contributed by atoms with E-state index >= 15 is 0 Å². The minimum atomic E-state index is -3.63. The number of rotatable bonds is 5. The van der Waals surface area contributed by atoms with Gasteiger partial charge in [-0.15, -0.1) is 0 Å². The van der Waals surface area contributed by atoms with E-state index in [1.54, 1.807) is 22.1 Å². The number of nitrogens with zero attached hydrogens (tertiary/aromatic N) is 3. The first kappa shape index (κ1) is 18.7. The Morgan fingerprint density at radius 1 is 1.04 bits per heavy atom. The molecule has 1 fully saturated rings. The summed E-state index contributed by atoms with van der Waals surface area (Å²) >= 11 is 0. The van der Waals surface area contributed by atoms with E-state index in [0.29, 0.717) is 13.1 Å². The van der Waals surface area contributed by atoms with Crippen molar-refractivity contribution in [3.63, 3.8) is 0 Å². The highest BCUT2D eigenvalue weighted by Gasteiger charge is 2.41. The Bertz CT molecular complexity index is 1060. The first-order chi connectivity index (χ1) is 13.4. The largest absolute Gasteiger partial charge is 0.380 e. The third-order valence-corrected chi connectivity index (χ3v) is 7.00. The van der Waals surface area contributed by atoms with Crippen LogP contribution in [0.25, 0.3) is 0 Å². The van der Waals surface area contributed by atoms with Gasteiger partial charge in [-0.25, -0.2) is 13.4 Å². The number of anilines is 1. The third-order valence-electron chi connectivity index (χ3n) is 5.29. The monoisotopic (exact) mass is 396 g/mol. The van der Waals surface area contributed by atoms with Crippen LogP contribution < -0.4 is 5.32 Å². The summed E-state index contributed by atoms with van der Waals surface area (Å²) in [5.41, 5.74) is 3.30. The Balaban J connectivity index is 1.66. The van der Waals surface area contributed by atoms with Gasteiger partial charge in [0, 0.05) is 44.0 Å². The maximum absolute atomic E-state index is 13.1. The Morgan fingerprint density at radius 3 is 2.43 bits per heavy atom. The van der Waals surface area contributed by atoms with Gasteiger partial charge in [0.05, 0.1) is 6.33 Å². The molecule has 2 atom stereocenters. The average Bonchev–Trinajstić information content (AvgIpc) is 3.32. The first-order valence-electron chi connectivity index (χ1n) is 9.30. The second-order valence-corrected chi connectivity index (χ2v) is 9.17. The van der Waals surface area contributed by atoms with Crippen molar-refractivity contribution in [2.75, 3.05) is 18.4 Å². The molecular formula is C21H24N4O2S. The molecular weight excluding hydrogens is 372 g/mol. The highest BCUT2D eigenvalue weighted by molar-refractivity contribution is 7.89. The molecule has 1 N–H and O–H groups in total. The van der Waals surface area contributed by atoms with E-state index in [9.17, 15) is 8.42 Å². The van der Waals surface area contributed by atoms with E-state index in [0.717, 1.165) is 16.8 Å². The molecule has 4 rings (SSSR count). The van der Waals surface area contributed by atoms with Crippen LogP contribution in [0, 0.1) is 6.92 Å². The van der Waals surface area contributed by atoms with Gasteiger partial charge in [-0.1, -0.05) is 48.5 Å². The number of benzene rings is 2. The molecule has 28 heavy (non-hydrogen) atoms. The third kappa shape index (κ3) is 3.55. The van der Waals surface area contributed by atoms with Crippen LogP contribution in [0.2, 0.25) is 0 Å². The van der Waals surface area contributed by atoms with E-state index in [1.807, 2.05) is 36.4 Å². The highest BCUT2D eigenvalue weighted by atomic mass is 32.2. The van der Waals surface area contributed by atoms with Crippen LogP contribution in [-0.4, -0.2) is 41.4 Å². The lowest BCUT2D eigenvalue weighted by Crippen LogP contribution is -2.32. The van der Waals surface area contributed by atoms with Crippen molar-refractivity contribution in [3.8, 4) is 0 Å². The number of hydrogen-bond acceptors (Lipinski definition) is 4. The maximum atomic E-state index is 13.1. The summed E-state index contributed by atoms with van der Waals surface area (Å²) < 4.78 is 29.4. The summed E-state index contributed by atoms with van der Waals surface area (Å²) in [5.74, 6) is 0.0549. The molecule has 2 heterocycles. The fourth-order valence-electron chi connectivity index (χ4n) is 3.74. The zero-order valence-electron chi connectivity index (χ0n) is 16.0. The van der Waals surface area contributed by atoms with Crippen molar-refractivity contribution < 1.29 is 8.42 Å². The predicted octanol–water partition coefficient (Wildman–Crippen LogP) is 3.00. The number of sulfonamides is 1. The molecule has 1 aliphatic rings. The number of hydrogen-bond donors (Lipinski definition) is 1. The Kier molecular flexibility index (Phi) is 4.95. The SMILES string of the molecule is Cc1ccccc1N[C@H]1CN(S(=O)(=O)c2cn(C)cn2)C[C@@H]1c1ccccc1. The molecule has 0 spiro atoms. The predicted molar refractivity (Wildman–Crippen MR) is 110 cm³/mol. The lowest BCUT2D eigenvalue weighted by atomic mass is 9.94.